The molecular weight excluding hydrogens is 312 g/mol. The van der Waals surface area contributed by atoms with Crippen LogP contribution in [-0.4, -0.2) is 30.1 Å². The first kappa shape index (κ1) is 16.0. The van der Waals surface area contributed by atoms with E-state index in [9.17, 15) is 0 Å². The van der Waals surface area contributed by atoms with Gasteiger partial charge in [0.05, 0.1) is 0 Å². The van der Waals surface area contributed by atoms with Crippen molar-refractivity contribution < 1.29 is 0 Å². The Morgan fingerprint density at radius 3 is 2.35 bits per heavy atom. The maximum Gasteiger partial charge on any atom is 0.0343 e. The van der Waals surface area contributed by atoms with E-state index in [2.05, 4.69) is 58.9 Å². The lowest BCUT2D eigenvalue weighted by Crippen LogP contribution is -2.55. The summed E-state index contributed by atoms with van der Waals surface area (Å²) < 4.78 is 1.14. The number of benzene rings is 1. The number of nitrogens with two attached hydrogens (primary N) is 1. The smallest absolute Gasteiger partial charge is 0.0343 e. The van der Waals surface area contributed by atoms with Gasteiger partial charge in [-0.15, -0.1) is 0 Å². The molecule has 2 N–H and O–H groups in total. The second kappa shape index (κ2) is 7.06. The zero-order valence-electron chi connectivity index (χ0n) is 12.7. The minimum atomic E-state index is 0.0898. The average molecular weight is 339 g/mol. The lowest BCUT2D eigenvalue weighted by Gasteiger charge is -2.44. The predicted octanol–water partition coefficient (Wildman–Crippen LogP) is 3.83. The van der Waals surface area contributed by atoms with E-state index in [1.165, 1.54) is 37.9 Å². The normalized spacial score (nSPS) is 20.8. The highest BCUT2D eigenvalue weighted by molar-refractivity contribution is 9.10. The number of rotatable bonds is 5. The zero-order chi connectivity index (χ0) is 14.6. The lowest BCUT2D eigenvalue weighted by molar-refractivity contribution is 0.0667. The summed E-state index contributed by atoms with van der Waals surface area (Å²) in [5, 5.41) is 0. The minimum Gasteiger partial charge on any atom is -0.329 e. The highest BCUT2D eigenvalue weighted by Gasteiger charge is 2.33. The zero-order valence-corrected chi connectivity index (χ0v) is 14.3. The summed E-state index contributed by atoms with van der Waals surface area (Å²) >= 11 is 3.50. The second-order valence-corrected chi connectivity index (χ2v) is 7.26. The monoisotopic (exact) mass is 338 g/mol. The van der Waals surface area contributed by atoms with Crippen LogP contribution in [0.15, 0.2) is 28.7 Å². The Kier molecular flexibility index (Phi) is 5.65. The van der Waals surface area contributed by atoms with Crippen LogP contribution in [0.1, 0.15) is 38.7 Å². The van der Waals surface area contributed by atoms with Crippen molar-refractivity contribution >= 4 is 15.9 Å². The molecule has 0 aromatic heterocycles. The molecule has 1 aromatic rings. The SMILES string of the molecule is CCC1CCN(C(C)(CN)Cc2ccc(Br)cc2)CC1. The predicted molar refractivity (Wildman–Crippen MR) is 89.9 cm³/mol. The van der Waals surface area contributed by atoms with Gasteiger partial charge in [0, 0.05) is 16.6 Å². The van der Waals surface area contributed by atoms with Crippen molar-refractivity contribution in [3.63, 3.8) is 0 Å². The average Bonchev–Trinajstić information content (AvgIpc) is 2.49. The lowest BCUT2D eigenvalue weighted by atomic mass is 9.86. The molecule has 1 saturated heterocycles. The number of likely N-dealkylation sites (tertiary alicyclic amines) is 1. The number of piperidine rings is 1. The van der Waals surface area contributed by atoms with E-state index in [4.69, 9.17) is 5.73 Å². The van der Waals surface area contributed by atoms with Gasteiger partial charge in [-0.05, 0) is 62.9 Å². The summed E-state index contributed by atoms with van der Waals surface area (Å²) in [5.41, 5.74) is 7.60. The van der Waals surface area contributed by atoms with Gasteiger partial charge < -0.3 is 5.73 Å². The summed E-state index contributed by atoms with van der Waals surface area (Å²) in [5.74, 6) is 0.918. The molecule has 1 unspecified atom stereocenters. The Balaban J connectivity index is 2.03. The van der Waals surface area contributed by atoms with Crippen molar-refractivity contribution in [1.82, 2.24) is 4.90 Å². The molecular formula is C17H27BrN2. The summed E-state index contributed by atoms with van der Waals surface area (Å²) in [4.78, 5) is 2.61. The van der Waals surface area contributed by atoms with Crippen molar-refractivity contribution in [1.29, 1.82) is 0 Å². The van der Waals surface area contributed by atoms with Crippen molar-refractivity contribution in [2.45, 2.75) is 45.1 Å². The van der Waals surface area contributed by atoms with E-state index in [1.807, 2.05) is 0 Å². The molecule has 1 atom stereocenters. The Morgan fingerprint density at radius 2 is 1.85 bits per heavy atom. The largest absolute Gasteiger partial charge is 0.329 e. The molecule has 0 bridgehead atoms. The molecule has 1 heterocycles. The molecule has 3 heteroatoms. The third kappa shape index (κ3) is 3.84. The van der Waals surface area contributed by atoms with E-state index in [0.717, 1.165) is 23.4 Å². The Hall–Kier alpha value is -0.380. The molecule has 0 saturated carbocycles. The van der Waals surface area contributed by atoms with Crippen LogP contribution in [0, 0.1) is 5.92 Å². The Morgan fingerprint density at radius 1 is 1.25 bits per heavy atom. The molecule has 1 aliphatic heterocycles. The molecule has 0 radical (unpaired) electrons. The molecule has 1 aromatic carbocycles. The van der Waals surface area contributed by atoms with Crippen LogP contribution in [0.3, 0.4) is 0 Å². The molecule has 2 rings (SSSR count). The topological polar surface area (TPSA) is 29.3 Å². The second-order valence-electron chi connectivity index (χ2n) is 6.34. The standard InChI is InChI=1S/C17H27BrN2/c1-3-14-8-10-20(11-9-14)17(2,13-19)12-15-4-6-16(18)7-5-15/h4-7,14H,3,8-13,19H2,1-2H3. The van der Waals surface area contributed by atoms with E-state index < -0.39 is 0 Å². The van der Waals surface area contributed by atoms with Gasteiger partial charge in [-0.2, -0.15) is 0 Å². The van der Waals surface area contributed by atoms with Gasteiger partial charge >= 0.3 is 0 Å². The van der Waals surface area contributed by atoms with E-state index >= 15 is 0 Å². The van der Waals surface area contributed by atoms with Crippen LogP contribution in [0.5, 0.6) is 0 Å². The van der Waals surface area contributed by atoms with Crippen LogP contribution in [0.25, 0.3) is 0 Å². The molecule has 0 aliphatic carbocycles. The highest BCUT2D eigenvalue weighted by Crippen LogP contribution is 2.28. The van der Waals surface area contributed by atoms with Crippen LogP contribution >= 0.6 is 15.9 Å². The van der Waals surface area contributed by atoms with Crippen molar-refractivity contribution in [2.75, 3.05) is 19.6 Å². The molecule has 1 fully saturated rings. The van der Waals surface area contributed by atoms with Gasteiger partial charge in [0.2, 0.25) is 0 Å². The quantitative estimate of drug-likeness (QED) is 0.883. The molecule has 112 valence electrons. The first-order chi connectivity index (χ1) is 9.57. The summed E-state index contributed by atoms with van der Waals surface area (Å²) in [6.07, 6.45) is 5.01. The molecule has 1 aliphatic rings. The number of hydrogen-bond acceptors (Lipinski definition) is 2. The first-order valence-corrected chi connectivity index (χ1v) is 8.56. The fourth-order valence-electron chi connectivity index (χ4n) is 3.24. The van der Waals surface area contributed by atoms with Gasteiger partial charge in [-0.3, -0.25) is 4.90 Å². The van der Waals surface area contributed by atoms with Gasteiger partial charge in [0.15, 0.2) is 0 Å². The van der Waals surface area contributed by atoms with Crippen LogP contribution in [-0.2, 0) is 6.42 Å². The van der Waals surface area contributed by atoms with Crippen molar-refractivity contribution in [3.8, 4) is 0 Å². The fourth-order valence-corrected chi connectivity index (χ4v) is 3.50. The Labute approximate surface area is 131 Å². The maximum absolute atomic E-state index is 6.13. The fraction of sp³-hybridized carbons (Fsp3) is 0.647. The summed E-state index contributed by atoms with van der Waals surface area (Å²) in [7, 11) is 0. The molecule has 20 heavy (non-hydrogen) atoms. The summed E-state index contributed by atoms with van der Waals surface area (Å²) in [6, 6.07) is 8.65. The van der Waals surface area contributed by atoms with Crippen LogP contribution in [0.4, 0.5) is 0 Å². The number of halogens is 1. The Bertz CT molecular complexity index is 410. The van der Waals surface area contributed by atoms with Crippen molar-refractivity contribution in [2.24, 2.45) is 11.7 Å². The highest BCUT2D eigenvalue weighted by atomic mass is 79.9. The van der Waals surface area contributed by atoms with Gasteiger partial charge in [-0.25, -0.2) is 0 Å². The van der Waals surface area contributed by atoms with Crippen LogP contribution in [0.2, 0.25) is 0 Å². The van der Waals surface area contributed by atoms with Gasteiger partial charge in [0.1, 0.15) is 0 Å². The first-order valence-electron chi connectivity index (χ1n) is 7.77. The van der Waals surface area contributed by atoms with E-state index in [1.54, 1.807) is 0 Å². The molecule has 0 spiro atoms. The molecule has 2 nitrogen and oxygen atoms in total. The third-order valence-electron chi connectivity index (χ3n) is 4.89. The van der Waals surface area contributed by atoms with Gasteiger partial charge in [-0.1, -0.05) is 41.4 Å². The van der Waals surface area contributed by atoms with Gasteiger partial charge in [0.25, 0.3) is 0 Å². The number of nitrogens with zero attached hydrogens (tertiary/aromatic N) is 1. The van der Waals surface area contributed by atoms with E-state index in [0.29, 0.717) is 0 Å². The third-order valence-corrected chi connectivity index (χ3v) is 5.42. The minimum absolute atomic E-state index is 0.0898. The van der Waals surface area contributed by atoms with Crippen molar-refractivity contribution in [3.05, 3.63) is 34.3 Å². The molecule has 0 amide bonds. The summed E-state index contributed by atoms with van der Waals surface area (Å²) in [6.45, 7) is 7.75. The maximum atomic E-state index is 6.13. The number of hydrogen-bond donors (Lipinski definition) is 1. The van der Waals surface area contributed by atoms with E-state index in [-0.39, 0.29) is 5.54 Å². The van der Waals surface area contributed by atoms with Crippen LogP contribution < -0.4 is 5.73 Å².